The van der Waals surface area contributed by atoms with Gasteiger partial charge in [0.05, 0.1) is 0 Å². The van der Waals surface area contributed by atoms with Crippen molar-refractivity contribution in [3.05, 3.63) is 0 Å². The topological polar surface area (TPSA) is 149 Å². The minimum Gasteiger partial charge on any atom is -0.480 e. The number of unbranched alkanes of at least 4 members (excludes halogenated alkanes) is 18. The van der Waals surface area contributed by atoms with Crippen molar-refractivity contribution in [1.82, 2.24) is 0 Å². The fraction of sp³-hybridized carbons (Fsp3) is 0.907. The van der Waals surface area contributed by atoms with E-state index in [9.17, 15) is 39.6 Å². The summed E-state index contributed by atoms with van der Waals surface area (Å²) >= 11 is 0. The Morgan fingerprint density at radius 1 is 0.392 bits per heavy atom. The zero-order chi connectivity index (χ0) is 38.6. The van der Waals surface area contributed by atoms with Gasteiger partial charge in [-0.2, -0.15) is 0 Å². The third-order valence-corrected chi connectivity index (χ3v) is 12.7. The van der Waals surface area contributed by atoms with E-state index in [1.165, 1.54) is 64.2 Å². The maximum Gasteiger partial charge on any atom is 0.321 e. The number of rotatable bonds is 37. The molecule has 0 aliphatic carbocycles. The summed E-state index contributed by atoms with van der Waals surface area (Å²) in [5.41, 5.74) is -2.96. The van der Waals surface area contributed by atoms with Gasteiger partial charge in [-0.15, -0.1) is 0 Å². The van der Waals surface area contributed by atoms with Crippen LogP contribution < -0.4 is 0 Å². The Labute approximate surface area is 312 Å². The van der Waals surface area contributed by atoms with Gasteiger partial charge in [0.25, 0.3) is 0 Å². The average Bonchev–Trinajstić information content (AvgIpc) is 3.10. The summed E-state index contributed by atoms with van der Waals surface area (Å²) in [5, 5.41) is 39.6. The lowest BCUT2D eigenvalue weighted by Gasteiger charge is -2.39. The Hall–Kier alpha value is -2.12. The summed E-state index contributed by atoms with van der Waals surface area (Å²) in [6.07, 6.45) is 26.3. The van der Waals surface area contributed by atoms with Crippen LogP contribution in [0.5, 0.6) is 0 Å². The molecule has 1 atom stereocenters. The normalized spacial score (nSPS) is 13.0. The van der Waals surface area contributed by atoms with Crippen LogP contribution in [0, 0.1) is 22.2 Å². The van der Waals surface area contributed by atoms with E-state index in [0.717, 1.165) is 83.0 Å². The van der Waals surface area contributed by atoms with Crippen molar-refractivity contribution < 1.29 is 39.6 Å². The number of aliphatic carboxylic acids is 4. The van der Waals surface area contributed by atoms with Crippen molar-refractivity contribution in [3.63, 3.8) is 0 Å². The summed E-state index contributed by atoms with van der Waals surface area (Å²) in [5.74, 6) is -4.14. The lowest BCUT2D eigenvalue weighted by atomic mass is 9.66. The van der Waals surface area contributed by atoms with Crippen molar-refractivity contribution in [1.29, 1.82) is 0 Å². The summed E-state index contributed by atoms with van der Waals surface area (Å²) in [4.78, 5) is 48.5. The second-order valence-corrected chi connectivity index (χ2v) is 15.8. The molecule has 0 aromatic heterocycles. The quantitative estimate of drug-likeness (QED) is 0.0365. The van der Waals surface area contributed by atoms with Crippen LogP contribution in [0.4, 0.5) is 0 Å². The predicted molar refractivity (Wildman–Crippen MR) is 208 cm³/mol. The van der Waals surface area contributed by atoms with E-state index in [-0.39, 0.29) is 25.7 Å². The van der Waals surface area contributed by atoms with Gasteiger partial charge in [-0.1, -0.05) is 195 Å². The highest BCUT2D eigenvalue weighted by Gasteiger charge is 2.46. The molecule has 0 bridgehead atoms. The third kappa shape index (κ3) is 17.5. The van der Waals surface area contributed by atoms with Crippen LogP contribution >= 0.6 is 0 Å². The molecule has 0 radical (unpaired) electrons. The molecule has 0 aliphatic rings. The number of carbonyl (C=O) groups is 4. The van der Waals surface area contributed by atoms with Crippen molar-refractivity contribution in [2.75, 3.05) is 0 Å². The summed E-state index contributed by atoms with van der Waals surface area (Å²) < 4.78 is 0. The van der Waals surface area contributed by atoms with E-state index in [1.54, 1.807) is 0 Å². The molecule has 0 amide bonds. The molecule has 0 fully saturated rings. The molecule has 0 heterocycles. The average molecular weight is 725 g/mol. The Bertz CT molecular complexity index is 904. The first kappa shape index (κ1) is 48.9. The standard InChI is InChI=1S/C43H80O8/c1-6-11-12-13-17-22-27-32-42(37(44)45,38(46)47)33-28-23-18-14-15-19-24-29-34-43(39(48)49,40(50)51)35-30-25-20-16-21-26-31-36(7-2)41(8-3,9-4)10-5/h36H,6-35H2,1-5H3,(H,44,45)(H,46,47)(H,48,49)(H,50,51). The fourth-order valence-electron chi connectivity index (χ4n) is 8.67. The van der Waals surface area contributed by atoms with Gasteiger partial charge in [-0.05, 0) is 43.4 Å². The van der Waals surface area contributed by atoms with Crippen LogP contribution in [0.15, 0.2) is 0 Å². The van der Waals surface area contributed by atoms with Gasteiger partial charge in [0, 0.05) is 0 Å². The molecule has 0 aromatic carbocycles. The van der Waals surface area contributed by atoms with Crippen LogP contribution in [-0.2, 0) is 19.2 Å². The molecule has 0 spiro atoms. The molecular formula is C43H80O8. The zero-order valence-corrected chi connectivity index (χ0v) is 33.7. The minimum absolute atomic E-state index is 0.148. The van der Waals surface area contributed by atoms with Crippen molar-refractivity contribution in [2.45, 2.75) is 227 Å². The van der Waals surface area contributed by atoms with Gasteiger partial charge in [0.1, 0.15) is 0 Å². The molecule has 1 unspecified atom stereocenters. The first-order valence-corrected chi connectivity index (χ1v) is 21.3. The summed E-state index contributed by atoms with van der Waals surface area (Å²) in [6, 6.07) is 0. The second kappa shape index (κ2) is 28.4. The van der Waals surface area contributed by atoms with Gasteiger partial charge in [0.2, 0.25) is 0 Å². The first-order valence-electron chi connectivity index (χ1n) is 21.3. The van der Waals surface area contributed by atoms with E-state index in [4.69, 9.17) is 0 Å². The first-order chi connectivity index (χ1) is 24.4. The lowest BCUT2D eigenvalue weighted by molar-refractivity contribution is -0.168. The van der Waals surface area contributed by atoms with Crippen LogP contribution in [0.25, 0.3) is 0 Å². The van der Waals surface area contributed by atoms with E-state index in [0.29, 0.717) is 31.1 Å². The molecule has 0 rings (SSSR count). The van der Waals surface area contributed by atoms with Crippen molar-refractivity contribution >= 4 is 23.9 Å². The summed E-state index contributed by atoms with van der Waals surface area (Å²) in [7, 11) is 0. The van der Waals surface area contributed by atoms with Crippen molar-refractivity contribution in [3.8, 4) is 0 Å². The van der Waals surface area contributed by atoms with E-state index in [1.807, 2.05) is 0 Å². The molecule has 300 valence electrons. The Balaban J connectivity index is 4.45. The third-order valence-electron chi connectivity index (χ3n) is 12.7. The molecule has 8 heteroatoms. The van der Waals surface area contributed by atoms with Crippen LogP contribution in [0.1, 0.15) is 227 Å². The maximum absolute atomic E-state index is 12.2. The van der Waals surface area contributed by atoms with Crippen LogP contribution in [0.2, 0.25) is 0 Å². The Morgan fingerprint density at radius 3 is 0.882 bits per heavy atom. The molecule has 4 N–H and O–H groups in total. The highest BCUT2D eigenvalue weighted by atomic mass is 16.4. The predicted octanol–water partition coefficient (Wildman–Crippen LogP) is 12.7. The second-order valence-electron chi connectivity index (χ2n) is 15.8. The zero-order valence-electron chi connectivity index (χ0n) is 33.7. The molecule has 8 nitrogen and oxygen atoms in total. The van der Waals surface area contributed by atoms with Crippen molar-refractivity contribution in [2.24, 2.45) is 22.2 Å². The lowest BCUT2D eigenvalue weighted by Crippen LogP contribution is -2.39. The van der Waals surface area contributed by atoms with Gasteiger partial charge in [-0.25, -0.2) is 0 Å². The van der Waals surface area contributed by atoms with Gasteiger partial charge in [-0.3, -0.25) is 19.2 Å². The largest absolute Gasteiger partial charge is 0.480 e. The monoisotopic (exact) mass is 725 g/mol. The number of hydrogen-bond acceptors (Lipinski definition) is 4. The highest BCUT2D eigenvalue weighted by molar-refractivity contribution is 5.98. The molecule has 0 saturated carbocycles. The van der Waals surface area contributed by atoms with Gasteiger partial charge in [0.15, 0.2) is 10.8 Å². The molecule has 0 aliphatic heterocycles. The van der Waals surface area contributed by atoms with Gasteiger partial charge < -0.3 is 20.4 Å². The molecule has 51 heavy (non-hydrogen) atoms. The molecule has 0 saturated heterocycles. The maximum atomic E-state index is 12.2. The number of carboxylic acid groups (broad SMARTS) is 4. The molecular weight excluding hydrogens is 644 g/mol. The smallest absolute Gasteiger partial charge is 0.321 e. The van der Waals surface area contributed by atoms with Crippen LogP contribution in [0.3, 0.4) is 0 Å². The highest BCUT2D eigenvalue weighted by Crippen LogP contribution is 2.43. The number of hydrogen-bond donors (Lipinski definition) is 4. The Kier molecular flexibility index (Phi) is 27.2. The van der Waals surface area contributed by atoms with E-state index >= 15 is 0 Å². The number of carboxylic acids is 4. The van der Waals surface area contributed by atoms with E-state index < -0.39 is 34.7 Å². The molecule has 0 aromatic rings. The van der Waals surface area contributed by atoms with E-state index in [2.05, 4.69) is 34.6 Å². The van der Waals surface area contributed by atoms with Crippen LogP contribution in [-0.4, -0.2) is 44.3 Å². The summed E-state index contributed by atoms with van der Waals surface area (Å²) in [6.45, 7) is 11.5. The Morgan fingerprint density at radius 2 is 0.647 bits per heavy atom. The SMILES string of the molecule is CCCCCCCCCC(CCCCCCCCCCC(CCCCCCCCC(CC)C(CC)(CC)CC)(C(=O)O)C(=O)O)(C(=O)O)C(=O)O. The fourth-order valence-corrected chi connectivity index (χ4v) is 8.67. The minimum atomic E-state index is -1.71. The van der Waals surface area contributed by atoms with Gasteiger partial charge >= 0.3 is 23.9 Å².